The quantitative estimate of drug-likeness (QED) is 0.219. The third-order valence-electron chi connectivity index (χ3n) is 9.82. The van der Waals surface area contributed by atoms with E-state index in [0.29, 0.717) is 23.0 Å². The zero-order valence-corrected chi connectivity index (χ0v) is 24.0. The number of nitrogens with zero attached hydrogens (tertiary/aromatic N) is 4. The van der Waals surface area contributed by atoms with Crippen molar-refractivity contribution in [2.24, 2.45) is 5.92 Å². The molecule has 5 aromatic carbocycles. The Morgan fingerprint density at radius 3 is 2.30 bits per heavy atom. The minimum atomic E-state index is 0.210. The van der Waals surface area contributed by atoms with Crippen molar-refractivity contribution in [2.45, 2.75) is 37.6 Å². The highest BCUT2D eigenvalue weighted by molar-refractivity contribution is 6.09. The molecule has 0 amide bonds. The van der Waals surface area contributed by atoms with Crippen LogP contribution in [0, 0.1) is 28.6 Å². The predicted molar refractivity (Wildman–Crippen MR) is 173 cm³/mol. The Bertz CT molecular complexity index is 2120. The van der Waals surface area contributed by atoms with Gasteiger partial charge in [0.25, 0.3) is 0 Å². The largest absolute Gasteiger partial charge is 0.336 e. The molecule has 43 heavy (non-hydrogen) atoms. The van der Waals surface area contributed by atoms with Crippen LogP contribution >= 0.6 is 0 Å². The second kappa shape index (κ2) is 9.90. The molecule has 1 saturated carbocycles. The molecule has 0 N–H and O–H groups in total. The van der Waals surface area contributed by atoms with Crippen LogP contribution in [0.15, 0.2) is 115 Å². The van der Waals surface area contributed by atoms with Crippen molar-refractivity contribution in [3.05, 3.63) is 138 Å². The Labute approximate surface area is 251 Å². The van der Waals surface area contributed by atoms with Gasteiger partial charge in [-0.2, -0.15) is 10.5 Å². The third kappa shape index (κ3) is 3.80. The van der Waals surface area contributed by atoms with Crippen LogP contribution in [0.4, 0.5) is 11.4 Å². The first kappa shape index (κ1) is 25.4. The summed E-state index contributed by atoms with van der Waals surface area (Å²) in [6, 6.07) is 45.4. The van der Waals surface area contributed by atoms with Crippen LogP contribution in [0.3, 0.4) is 0 Å². The molecule has 6 aromatic rings. The molecule has 4 atom stereocenters. The zero-order valence-electron chi connectivity index (χ0n) is 24.0. The SMILES string of the molecule is C[C@H]1CCC2c3ccccc3N(c3ccccc3C#N)C2C1c1cccc(-n2c3ccccc3c3cc(C#N)ccc32)c1. The summed E-state index contributed by atoms with van der Waals surface area (Å²) in [5.41, 5.74) is 9.69. The van der Waals surface area contributed by atoms with Crippen molar-refractivity contribution in [3.63, 3.8) is 0 Å². The Hall–Kier alpha value is -5.32. The molecule has 8 rings (SSSR count). The molecule has 1 aliphatic heterocycles. The molecule has 1 aliphatic carbocycles. The van der Waals surface area contributed by atoms with Crippen LogP contribution in [-0.4, -0.2) is 10.6 Å². The Morgan fingerprint density at radius 2 is 1.44 bits per heavy atom. The lowest BCUT2D eigenvalue weighted by molar-refractivity contribution is 0.270. The average molecular weight is 555 g/mol. The molecule has 3 unspecified atom stereocenters. The van der Waals surface area contributed by atoms with Crippen LogP contribution in [0.5, 0.6) is 0 Å². The number of fused-ring (bicyclic) bond motifs is 6. The van der Waals surface area contributed by atoms with Gasteiger partial charge in [-0.3, -0.25) is 0 Å². The maximum absolute atomic E-state index is 10.1. The third-order valence-corrected chi connectivity index (χ3v) is 9.82. The van der Waals surface area contributed by atoms with Crippen molar-refractivity contribution >= 4 is 33.2 Å². The predicted octanol–water partition coefficient (Wildman–Crippen LogP) is 9.34. The number of anilines is 2. The van der Waals surface area contributed by atoms with Crippen molar-refractivity contribution < 1.29 is 0 Å². The first-order chi connectivity index (χ1) is 21.2. The van der Waals surface area contributed by atoms with Gasteiger partial charge in [-0.05, 0) is 84.5 Å². The molecule has 0 saturated heterocycles. The molecule has 2 heterocycles. The number of hydrogen-bond donors (Lipinski definition) is 0. The Kier molecular flexibility index (Phi) is 5.85. The van der Waals surface area contributed by atoms with Crippen LogP contribution in [0.1, 0.15) is 53.9 Å². The van der Waals surface area contributed by atoms with E-state index in [2.05, 4.69) is 113 Å². The number of aromatic nitrogens is 1. The zero-order chi connectivity index (χ0) is 29.1. The summed E-state index contributed by atoms with van der Waals surface area (Å²) in [7, 11) is 0. The van der Waals surface area contributed by atoms with E-state index in [4.69, 9.17) is 0 Å². The Balaban J connectivity index is 1.31. The molecule has 4 heteroatoms. The maximum atomic E-state index is 10.1. The maximum Gasteiger partial charge on any atom is 0.101 e. The fourth-order valence-corrected chi connectivity index (χ4v) is 8.03. The first-order valence-corrected chi connectivity index (χ1v) is 15.1. The molecular weight excluding hydrogens is 524 g/mol. The van der Waals surface area contributed by atoms with Crippen LogP contribution < -0.4 is 4.90 Å². The van der Waals surface area contributed by atoms with E-state index >= 15 is 0 Å². The van der Waals surface area contributed by atoms with E-state index in [1.165, 1.54) is 16.8 Å². The van der Waals surface area contributed by atoms with Crippen LogP contribution in [0.25, 0.3) is 27.5 Å². The van der Waals surface area contributed by atoms with Gasteiger partial charge >= 0.3 is 0 Å². The molecule has 4 nitrogen and oxygen atoms in total. The highest BCUT2D eigenvalue weighted by Crippen LogP contribution is 2.57. The number of nitriles is 2. The van der Waals surface area contributed by atoms with Gasteiger partial charge in [-0.25, -0.2) is 0 Å². The monoisotopic (exact) mass is 554 g/mol. The van der Waals surface area contributed by atoms with Gasteiger partial charge in [0.15, 0.2) is 0 Å². The highest BCUT2D eigenvalue weighted by atomic mass is 15.2. The van der Waals surface area contributed by atoms with E-state index in [-0.39, 0.29) is 12.0 Å². The van der Waals surface area contributed by atoms with Gasteiger partial charge in [-0.1, -0.05) is 67.6 Å². The standard InChI is InChI=1S/C39H30N4/c1-25-17-19-32-30-12-3-7-16-36(30)43(34-14-5-2-9-28(34)24-41)39(32)38(25)27-10-8-11-29(22-27)42-35-15-6-4-13-31(35)33-21-26(23-40)18-20-37(33)42/h2-16,18,20-22,25,32,38-39H,17,19H2,1H3/t25-,32?,38?,39?/m0/s1. The van der Waals surface area contributed by atoms with Crippen molar-refractivity contribution in [1.82, 2.24) is 4.57 Å². The second-order valence-corrected chi connectivity index (χ2v) is 12.0. The molecular formula is C39H30N4. The number of para-hydroxylation sites is 3. The van der Waals surface area contributed by atoms with Crippen LogP contribution in [-0.2, 0) is 0 Å². The van der Waals surface area contributed by atoms with E-state index in [0.717, 1.165) is 46.0 Å². The van der Waals surface area contributed by atoms with Gasteiger partial charge in [0.2, 0.25) is 0 Å². The summed E-state index contributed by atoms with van der Waals surface area (Å²) in [5, 5.41) is 21.9. The van der Waals surface area contributed by atoms with Crippen molar-refractivity contribution in [2.75, 3.05) is 4.90 Å². The minimum absolute atomic E-state index is 0.210. The van der Waals surface area contributed by atoms with Crippen molar-refractivity contribution in [1.29, 1.82) is 10.5 Å². The lowest BCUT2D eigenvalue weighted by atomic mass is 9.67. The number of hydrogen-bond acceptors (Lipinski definition) is 3. The number of rotatable bonds is 3. The minimum Gasteiger partial charge on any atom is -0.336 e. The molecule has 0 bridgehead atoms. The summed E-state index contributed by atoms with van der Waals surface area (Å²) < 4.78 is 2.34. The van der Waals surface area contributed by atoms with Gasteiger partial charge in [-0.15, -0.1) is 0 Å². The van der Waals surface area contributed by atoms with E-state index in [1.54, 1.807) is 0 Å². The van der Waals surface area contributed by atoms with E-state index in [9.17, 15) is 10.5 Å². The van der Waals surface area contributed by atoms with Crippen molar-refractivity contribution in [3.8, 4) is 17.8 Å². The lowest BCUT2D eigenvalue weighted by Crippen LogP contribution is -2.42. The highest BCUT2D eigenvalue weighted by Gasteiger charge is 2.48. The average Bonchev–Trinajstić information content (AvgIpc) is 3.57. The van der Waals surface area contributed by atoms with Gasteiger partial charge < -0.3 is 9.47 Å². The fraction of sp³-hybridized carbons (Fsp3) is 0.179. The second-order valence-electron chi connectivity index (χ2n) is 12.0. The van der Waals surface area contributed by atoms with E-state index < -0.39 is 0 Å². The van der Waals surface area contributed by atoms with Gasteiger partial charge in [0.1, 0.15) is 6.07 Å². The molecule has 0 radical (unpaired) electrons. The summed E-state index contributed by atoms with van der Waals surface area (Å²) in [5.74, 6) is 1.14. The molecule has 0 spiro atoms. The van der Waals surface area contributed by atoms with Gasteiger partial charge in [0, 0.05) is 40.0 Å². The smallest absolute Gasteiger partial charge is 0.101 e. The summed E-state index contributed by atoms with van der Waals surface area (Å²) in [6.45, 7) is 2.40. The summed E-state index contributed by atoms with van der Waals surface area (Å²) >= 11 is 0. The molecule has 206 valence electrons. The van der Waals surface area contributed by atoms with Crippen LogP contribution in [0.2, 0.25) is 0 Å². The molecule has 2 aliphatic rings. The van der Waals surface area contributed by atoms with E-state index in [1.807, 2.05) is 30.3 Å². The summed E-state index contributed by atoms with van der Waals surface area (Å²) in [6.07, 6.45) is 2.29. The lowest BCUT2D eigenvalue weighted by Gasteiger charge is -2.44. The molecule has 1 fully saturated rings. The fourth-order valence-electron chi connectivity index (χ4n) is 8.03. The van der Waals surface area contributed by atoms with Gasteiger partial charge in [0.05, 0.1) is 33.9 Å². The number of benzene rings is 5. The first-order valence-electron chi connectivity index (χ1n) is 15.1. The summed E-state index contributed by atoms with van der Waals surface area (Å²) in [4.78, 5) is 2.48. The molecule has 1 aromatic heterocycles. The topological polar surface area (TPSA) is 55.8 Å². The normalized spacial score (nSPS) is 20.9. The Morgan fingerprint density at radius 1 is 0.674 bits per heavy atom.